The lowest BCUT2D eigenvalue weighted by Gasteiger charge is -2.17. The molecule has 0 saturated carbocycles. The van der Waals surface area contributed by atoms with Crippen molar-refractivity contribution >= 4 is 22.4 Å². The van der Waals surface area contributed by atoms with Gasteiger partial charge in [-0.25, -0.2) is 0 Å². The van der Waals surface area contributed by atoms with Gasteiger partial charge < -0.3 is 9.88 Å². The zero-order valence-corrected chi connectivity index (χ0v) is 17.1. The van der Waals surface area contributed by atoms with Gasteiger partial charge in [-0.05, 0) is 37.9 Å². The van der Waals surface area contributed by atoms with E-state index in [1.807, 2.05) is 4.68 Å². The van der Waals surface area contributed by atoms with Gasteiger partial charge in [-0.15, -0.1) is 10.2 Å². The maximum absolute atomic E-state index is 12.8. The molecule has 148 valence electrons. The van der Waals surface area contributed by atoms with Crippen molar-refractivity contribution in [2.75, 3.05) is 25.0 Å². The van der Waals surface area contributed by atoms with Crippen LogP contribution >= 0.6 is 11.3 Å². The summed E-state index contributed by atoms with van der Waals surface area (Å²) in [5, 5.41) is 15.9. The van der Waals surface area contributed by atoms with E-state index in [-0.39, 0.29) is 5.91 Å². The number of amides is 1. The van der Waals surface area contributed by atoms with E-state index < -0.39 is 0 Å². The SMILES string of the molecule is CCN(CC)CCn1cc2c(n1)-c1c(C(=O)Nc3nncs3)c[nH]c1CCC2. The van der Waals surface area contributed by atoms with E-state index in [1.54, 1.807) is 11.7 Å². The summed E-state index contributed by atoms with van der Waals surface area (Å²) in [5.41, 5.74) is 6.36. The van der Waals surface area contributed by atoms with Gasteiger partial charge in [-0.1, -0.05) is 25.2 Å². The van der Waals surface area contributed by atoms with Crippen molar-refractivity contribution in [1.29, 1.82) is 0 Å². The number of carbonyl (C=O) groups excluding carboxylic acids is 1. The molecule has 0 bridgehead atoms. The summed E-state index contributed by atoms with van der Waals surface area (Å²) in [4.78, 5) is 18.5. The first kappa shape index (κ1) is 18.8. The number of anilines is 1. The highest BCUT2D eigenvalue weighted by Crippen LogP contribution is 2.34. The van der Waals surface area contributed by atoms with Crippen LogP contribution in [0.15, 0.2) is 17.9 Å². The van der Waals surface area contributed by atoms with Crippen molar-refractivity contribution in [2.45, 2.75) is 39.7 Å². The van der Waals surface area contributed by atoms with Crippen LogP contribution in [0.5, 0.6) is 0 Å². The molecule has 1 aliphatic carbocycles. The Morgan fingerprint density at radius 2 is 2.21 bits per heavy atom. The average molecular weight is 400 g/mol. The van der Waals surface area contributed by atoms with Crippen LogP contribution < -0.4 is 5.32 Å². The molecule has 0 aromatic carbocycles. The summed E-state index contributed by atoms with van der Waals surface area (Å²) in [6, 6.07) is 0. The first-order valence-corrected chi connectivity index (χ1v) is 10.6. The van der Waals surface area contributed by atoms with Crippen LogP contribution in [0.3, 0.4) is 0 Å². The van der Waals surface area contributed by atoms with Crippen molar-refractivity contribution < 1.29 is 4.79 Å². The topological polar surface area (TPSA) is 91.7 Å². The Hall–Kier alpha value is -2.52. The summed E-state index contributed by atoms with van der Waals surface area (Å²) in [6.07, 6.45) is 6.86. The number of fused-ring (bicyclic) bond motifs is 3. The Balaban J connectivity index is 1.62. The molecule has 0 spiro atoms. The normalized spacial score (nSPS) is 13.2. The third-order valence-electron chi connectivity index (χ3n) is 5.27. The van der Waals surface area contributed by atoms with Gasteiger partial charge in [-0.3, -0.25) is 14.8 Å². The average Bonchev–Trinajstić information content (AvgIpc) is 3.41. The molecular weight excluding hydrogens is 374 g/mol. The van der Waals surface area contributed by atoms with E-state index in [4.69, 9.17) is 5.10 Å². The first-order chi connectivity index (χ1) is 13.7. The second-order valence-corrected chi connectivity index (χ2v) is 7.73. The molecule has 3 heterocycles. The van der Waals surface area contributed by atoms with Gasteiger partial charge in [0.05, 0.1) is 17.8 Å². The standard InChI is InChI=1S/C19H25N7OS/c1-3-25(4-2)8-9-26-11-13-6-5-7-15-16(17(13)24-26)14(10-20-15)18(27)22-19-23-21-12-28-19/h10-12,20H,3-9H2,1-2H3,(H,22,23,27). The lowest BCUT2D eigenvalue weighted by atomic mass is 10.0. The molecule has 0 atom stereocenters. The predicted molar refractivity (Wildman–Crippen MR) is 110 cm³/mol. The molecule has 28 heavy (non-hydrogen) atoms. The zero-order chi connectivity index (χ0) is 19.5. The number of nitrogens with one attached hydrogen (secondary N) is 2. The number of likely N-dealkylation sites (N-methyl/N-ethyl adjacent to an activating group) is 1. The summed E-state index contributed by atoms with van der Waals surface area (Å²) >= 11 is 1.30. The Bertz CT molecular complexity index is 940. The van der Waals surface area contributed by atoms with Crippen LogP contribution in [0.25, 0.3) is 11.3 Å². The van der Waals surface area contributed by atoms with Crippen LogP contribution in [0.4, 0.5) is 5.13 Å². The van der Waals surface area contributed by atoms with Crippen molar-refractivity contribution in [1.82, 2.24) is 29.9 Å². The van der Waals surface area contributed by atoms with Gasteiger partial charge >= 0.3 is 0 Å². The number of aromatic nitrogens is 5. The number of hydrogen-bond donors (Lipinski definition) is 2. The second-order valence-electron chi connectivity index (χ2n) is 6.90. The van der Waals surface area contributed by atoms with Gasteiger partial charge in [0.25, 0.3) is 5.91 Å². The monoisotopic (exact) mass is 399 g/mol. The minimum Gasteiger partial charge on any atom is -0.364 e. The molecule has 1 amide bonds. The fourth-order valence-electron chi connectivity index (χ4n) is 3.71. The van der Waals surface area contributed by atoms with E-state index >= 15 is 0 Å². The summed E-state index contributed by atoms with van der Waals surface area (Å²) in [6.45, 7) is 8.25. The number of nitrogens with zero attached hydrogens (tertiary/aromatic N) is 5. The Morgan fingerprint density at radius 1 is 1.36 bits per heavy atom. The van der Waals surface area contributed by atoms with Gasteiger partial charge in [0.15, 0.2) is 0 Å². The van der Waals surface area contributed by atoms with Crippen LogP contribution in [0, 0.1) is 0 Å². The predicted octanol–water partition coefficient (Wildman–Crippen LogP) is 2.81. The summed E-state index contributed by atoms with van der Waals surface area (Å²) in [5.74, 6) is -0.181. The second kappa shape index (κ2) is 8.24. The highest BCUT2D eigenvalue weighted by atomic mass is 32.1. The molecule has 1 aliphatic rings. The molecule has 9 heteroatoms. The number of aromatic amines is 1. The molecule has 0 saturated heterocycles. The van der Waals surface area contributed by atoms with E-state index in [1.165, 1.54) is 16.9 Å². The molecule has 8 nitrogen and oxygen atoms in total. The summed E-state index contributed by atoms with van der Waals surface area (Å²) < 4.78 is 2.03. The minimum absolute atomic E-state index is 0.181. The molecule has 3 aromatic rings. The Morgan fingerprint density at radius 3 is 2.96 bits per heavy atom. The van der Waals surface area contributed by atoms with Gasteiger partial charge in [0.1, 0.15) is 5.51 Å². The van der Waals surface area contributed by atoms with Crippen LogP contribution in [-0.4, -0.2) is 55.4 Å². The fourth-order valence-corrected chi connectivity index (χ4v) is 4.15. The smallest absolute Gasteiger partial charge is 0.259 e. The van der Waals surface area contributed by atoms with Crippen LogP contribution in [0.2, 0.25) is 0 Å². The first-order valence-electron chi connectivity index (χ1n) is 9.76. The van der Waals surface area contributed by atoms with Gasteiger partial charge in [0.2, 0.25) is 5.13 Å². The maximum Gasteiger partial charge on any atom is 0.259 e. The van der Waals surface area contributed by atoms with Crippen LogP contribution in [-0.2, 0) is 19.4 Å². The van der Waals surface area contributed by atoms with Crippen molar-refractivity contribution in [3.05, 3.63) is 34.7 Å². The highest BCUT2D eigenvalue weighted by Gasteiger charge is 2.26. The van der Waals surface area contributed by atoms with E-state index in [0.717, 1.165) is 62.4 Å². The lowest BCUT2D eigenvalue weighted by Crippen LogP contribution is -2.27. The largest absolute Gasteiger partial charge is 0.364 e. The Labute approximate surface area is 168 Å². The lowest BCUT2D eigenvalue weighted by molar-refractivity contribution is 0.102. The Kier molecular flexibility index (Phi) is 5.54. The third kappa shape index (κ3) is 3.72. The molecule has 3 aromatic heterocycles. The molecule has 4 rings (SSSR count). The molecule has 0 unspecified atom stereocenters. The molecule has 0 aliphatic heterocycles. The number of H-pyrrole nitrogens is 1. The van der Waals surface area contributed by atoms with Crippen molar-refractivity contribution in [3.8, 4) is 11.3 Å². The molecular formula is C19H25N7OS. The van der Waals surface area contributed by atoms with E-state index in [9.17, 15) is 4.79 Å². The number of rotatable bonds is 7. The number of hydrogen-bond acceptors (Lipinski definition) is 6. The minimum atomic E-state index is -0.181. The highest BCUT2D eigenvalue weighted by molar-refractivity contribution is 7.13. The number of aryl methyl sites for hydroxylation is 2. The number of carbonyl (C=O) groups is 1. The fraction of sp³-hybridized carbons (Fsp3) is 0.474. The zero-order valence-electron chi connectivity index (χ0n) is 16.2. The van der Waals surface area contributed by atoms with Crippen LogP contribution in [0.1, 0.15) is 41.9 Å². The van der Waals surface area contributed by atoms with Crippen molar-refractivity contribution in [3.63, 3.8) is 0 Å². The quantitative estimate of drug-likeness (QED) is 0.637. The van der Waals surface area contributed by atoms with Gasteiger partial charge in [0, 0.05) is 30.2 Å². The third-order valence-corrected chi connectivity index (χ3v) is 5.88. The van der Waals surface area contributed by atoms with Gasteiger partial charge in [-0.2, -0.15) is 5.10 Å². The van der Waals surface area contributed by atoms with E-state index in [2.05, 4.69) is 45.4 Å². The molecule has 0 radical (unpaired) electrons. The maximum atomic E-state index is 12.8. The van der Waals surface area contributed by atoms with E-state index in [0.29, 0.717) is 10.7 Å². The van der Waals surface area contributed by atoms with Crippen molar-refractivity contribution in [2.24, 2.45) is 0 Å². The molecule has 2 N–H and O–H groups in total. The molecule has 0 fully saturated rings. The summed E-state index contributed by atoms with van der Waals surface area (Å²) in [7, 11) is 0.